The first-order valence-electron chi connectivity index (χ1n) is 10.7. The van der Waals surface area contributed by atoms with Gasteiger partial charge in [0.15, 0.2) is 0 Å². The molecule has 9 heteroatoms. The van der Waals surface area contributed by atoms with Crippen molar-refractivity contribution in [1.82, 2.24) is 14.1 Å². The van der Waals surface area contributed by atoms with Gasteiger partial charge in [0, 0.05) is 51.4 Å². The summed E-state index contributed by atoms with van der Waals surface area (Å²) in [5.41, 5.74) is 0.364. The van der Waals surface area contributed by atoms with E-state index in [-0.39, 0.29) is 41.1 Å². The minimum Gasteiger partial charge on any atom is -0.373 e. The van der Waals surface area contributed by atoms with E-state index in [0.29, 0.717) is 18.7 Å². The second kappa shape index (κ2) is 8.74. The predicted octanol–water partition coefficient (Wildman–Crippen LogP) is 2.31. The van der Waals surface area contributed by atoms with E-state index in [1.165, 1.54) is 29.3 Å². The van der Waals surface area contributed by atoms with Crippen LogP contribution in [0.5, 0.6) is 0 Å². The van der Waals surface area contributed by atoms with Crippen molar-refractivity contribution >= 4 is 27.5 Å². The van der Waals surface area contributed by atoms with Crippen LogP contribution < -0.4 is 0 Å². The van der Waals surface area contributed by atoms with Gasteiger partial charge in [-0.15, -0.1) is 0 Å². The minimum absolute atomic E-state index is 0.0105. The average Bonchev–Trinajstić information content (AvgIpc) is 3.51. The quantitative estimate of drug-likeness (QED) is 0.681. The lowest BCUT2D eigenvalue weighted by atomic mass is 10.1. The second-order valence-corrected chi connectivity index (χ2v) is 11.1. The first-order chi connectivity index (χ1) is 14.2. The van der Waals surface area contributed by atoms with E-state index >= 15 is 0 Å². The van der Waals surface area contributed by atoms with E-state index < -0.39 is 10.0 Å². The van der Waals surface area contributed by atoms with E-state index in [4.69, 9.17) is 16.3 Å². The van der Waals surface area contributed by atoms with Crippen molar-refractivity contribution in [2.45, 2.75) is 43.8 Å². The Balaban J connectivity index is 1.49. The standard InChI is InChI=1S/C21H30ClN3O4S/c1-15-12-25(13-16(2)29-15)30(27,28)20-11-18(5-6-19(20)22)21(26)24-9-7-23(8-10-24)14-17-3-4-17/h5-6,11,15-17H,3-4,7-10,12-14H2,1-2H3. The topological polar surface area (TPSA) is 70.2 Å². The lowest BCUT2D eigenvalue weighted by Crippen LogP contribution is -2.49. The molecule has 0 bridgehead atoms. The molecule has 0 aromatic heterocycles. The van der Waals surface area contributed by atoms with Gasteiger partial charge in [0.05, 0.1) is 17.2 Å². The van der Waals surface area contributed by atoms with Crippen LogP contribution in [0.1, 0.15) is 37.0 Å². The summed E-state index contributed by atoms with van der Waals surface area (Å²) in [5.74, 6) is 0.694. The molecule has 4 rings (SSSR count). The Morgan fingerprint density at radius 2 is 1.73 bits per heavy atom. The zero-order valence-electron chi connectivity index (χ0n) is 17.6. The van der Waals surface area contributed by atoms with Crippen molar-refractivity contribution in [2.75, 3.05) is 45.8 Å². The largest absolute Gasteiger partial charge is 0.373 e. The van der Waals surface area contributed by atoms with Gasteiger partial charge < -0.3 is 9.64 Å². The number of ether oxygens (including phenoxy) is 1. The Hall–Kier alpha value is -1.19. The van der Waals surface area contributed by atoms with Crippen LogP contribution in [0.25, 0.3) is 0 Å². The van der Waals surface area contributed by atoms with Crippen LogP contribution in [0, 0.1) is 5.92 Å². The highest BCUT2D eigenvalue weighted by molar-refractivity contribution is 7.89. The molecule has 166 valence electrons. The Labute approximate surface area is 184 Å². The molecule has 3 fully saturated rings. The summed E-state index contributed by atoms with van der Waals surface area (Å²) >= 11 is 6.27. The van der Waals surface area contributed by atoms with Gasteiger partial charge in [0.1, 0.15) is 4.90 Å². The van der Waals surface area contributed by atoms with Crippen LogP contribution in [0.3, 0.4) is 0 Å². The molecule has 0 radical (unpaired) electrons. The smallest absolute Gasteiger partial charge is 0.253 e. The fraction of sp³-hybridized carbons (Fsp3) is 0.667. The molecule has 2 atom stereocenters. The molecule has 30 heavy (non-hydrogen) atoms. The zero-order chi connectivity index (χ0) is 21.5. The Bertz CT molecular complexity index is 888. The number of carbonyl (C=O) groups is 1. The summed E-state index contributed by atoms with van der Waals surface area (Å²) in [6.45, 7) is 8.42. The maximum Gasteiger partial charge on any atom is 0.253 e. The van der Waals surface area contributed by atoms with Crippen molar-refractivity contribution in [3.05, 3.63) is 28.8 Å². The normalized spacial score (nSPS) is 26.7. The molecule has 2 unspecified atom stereocenters. The van der Waals surface area contributed by atoms with Gasteiger partial charge in [-0.3, -0.25) is 9.69 Å². The SMILES string of the molecule is CC1CN(S(=O)(=O)c2cc(C(=O)N3CCN(CC4CC4)CC3)ccc2Cl)CC(C)O1. The first-order valence-corrected chi connectivity index (χ1v) is 12.5. The van der Waals surface area contributed by atoms with Crippen molar-refractivity contribution in [1.29, 1.82) is 0 Å². The number of carbonyl (C=O) groups excluding carboxylic acids is 1. The van der Waals surface area contributed by atoms with E-state index in [0.717, 1.165) is 25.6 Å². The van der Waals surface area contributed by atoms with E-state index in [1.54, 1.807) is 6.07 Å². The summed E-state index contributed by atoms with van der Waals surface area (Å²) in [5, 5.41) is 0.132. The monoisotopic (exact) mass is 455 g/mol. The number of hydrogen-bond donors (Lipinski definition) is 0. The molecular formula is C21H30ClN3O4S. The number of morpholine rings is 1. The maximum atomic E-state index is 13.3. The minimum atomic E-state index is -3.82. The maximum absolute atomic E-state index is 13.3. The Morgan fingerprint density at radius 1 is 1.10 bits per heavy atom. The molecule has 1 saturated carbocycles. The second-order valence-electron chi connectivity index (χ2n) is 8.76. The van der Waals surface area contributed by atoms with Gasteiger partial charge >= 0.3 is 0 Å². The van der Waals surface area contributed by atoms with Crippen LogP contribution in [-0.2, 0) is 14.8 Å². The van der Waals surface area contributed by atoms with Gasteiger partial charge in [-0.2, -0.15) is 4.31 Å². The summed E-state index contributed by atoms with van der Waals surface area (Å²) in [4.78, 5) is 17.3. The highest BCUT2D eigenvalue weighted by Crippen LogP contribution is 2.31. The van der Waals surface area contributed by atoms with Crippen molar-refractivity contribution in [3.63, 3.8) is 0 Å². The third kappa shape index (κ3) is 4.83. The molecule has 7 nitrogen and oxygen atoms in total. The molecule has 1 aromatic rings. The highest BCUT2D eigenvalue weighted by atomic mass is 35.5. The lowest BCUT2D eigenvalue weighted by Gasteiger charge is -2.35. The van der Waals surface area contributed by atoms with Crippen LogP contribution in [0.2, 0.25) is 5.02 Å². The van der Waals surface area contributed by atoms with Gasteiger partial charge in [-0.25, -0.2) is 8.42 Å². The third-order valence-electron chi connectivity index (χ3n) is 6.05. The highest BCUT2D eigenvalue weighted by Gasteiger charge is 2.34. The molecule has 2 heterocycles. The fourth-order valence-electron chi connectivity index (χ4n) is 4.28. The molecule has 1 aromatic carbocycles. The Kier molecular flexibility index (Phi) is 6.42. The molecule has 0 spiro atoms. The number of nitrogens with zero attached hydrogens (tertiary/aromatic N) is 3. The van der Waals surface area contributed by atoms with Crippen LogP contribution in [0.4, 0.5) is 0 Å². The summed E-state index contributed by atoms with van der Waals surface area (Å²) < 4.78 is 33.6. The summed E-state index contributed by atoms with van der Waals surface area (Å²) in [6.07, 6.45) is 2.25. The molecule has 2 saturated heterocycles. The zero-order valence-corrected chi connectivity index (χ0v) is 19.2. The molecule has 0 N–H and O–H groups in total. The third-order valence-corrected chi connectivity index (χ3v) is 8.37. The number of halogens is 1. The lowest BCUT2D eigenvalue weighted by molar-refractivity contribution is -0.0440. The van der Waals surface area contributed by atoms with Crippen molar-refractivity contribution in [2.24, 2.45) is 5.92 Å². The number of piperazine rings is 1. The Morgan fingerprint density at radius 3 is 2.33 bits per heavy atom. The molecule has 1 aliphatic carbocycles. The van der Waals surface area contributed by atoms with Crippen LogP contribution >= 0.6 is 11.6 Å². The number of amides is 1. The number of hydrogen-bond acceptors (Lipinski definition) is 5. The van der Waals surface area contributed by atoms with Crippen LogP contribution in [0.15, 0.2) is 23.1 Å². The molecular weight excluding hydrogens is 426 g/mol. The van der Waals surface area contributed by atoms with E-state index in [2.05, 4.69) is 4.90 Å². The van der Waals surface area contributed by atoms with Crippen LogP contribution in [-0.4, -0.2) is 86.5 Å². The summed E-state index contributed by atoms with van der Waals surface area (Å²) in [6, 6.07) is 4.56. The molecule has 1 amide bonds. The van der Waals surface area contributed by atoms with Gasteiger partial charge in [-0.05, 0) is 50.8 Å². The average molecular weight is 456 g/mol. The van der Waals surface area contributed by atoms with Crippen molar-refractivity contribution in [3.8, 4) is 0 Å². The number of rotatable bonds is 5. The molecule has 3 aliphatic rings. The number of sulfonamides is 1. The van der Waals surface area contributed by atoms with Crippen molar-refractivity contribution < 1.29 is 17.9 Å². The number of benzene rings is 1. The first kappa shape index (κ1) is 22.0. The van der Waals surface area contributed by atoms with Gasteiger partial charge in [0.2, 0.25) is 10.0 Å². The van der Waals surface area contributed by atoms with Gasteiger partial charge in [0.25, 0.3) is 5.91 Å². The fourth-order valence-corrected chi connectivity index (χ4v) is 6.37. The summed E-state index contributed by atoms with van der Waals surface area (Å²) in [7, 11) is -3.82. The molecule has 2 aliphatic heterocycles. The van der Waals surface area contributed by atoms with E-state index in [1.807, 2.05) is 18.7 Å². The van der Waals surface area contributed by atoms with E-state index in [9.17, 15) is 13.2 Å². The van der Waals surface area contributed by atoms with Gasteiger partial charge in [-0.1, -0.05) is 11.6 Å². The predicted molar refractivity (Wildman–Crippen MR) is 115 cm³/mol.